The van der Waals surface area contributed by atoms with Crippen LogP contribution in [0.4, 0.5) is 0 Å². The van der Waals surface area contributed by atoms with Crippen molar-refractivity contribution in [3.05, 3.63) is 10.1 Å². The van der Waals surface area contributed by atoms with Gasteiger partial charge in [-0.25, -0.2) is 0 Å². The molecule has 109 heavy (non-hydrogen) atoms. The van der Waals surface area contributed by atoms with Gasteiger partial charge in [0.1, 0.15) is 56.3 Å². The first-order chi connectivity index (χ1) is 51.5. The van der Waals surface area contributed by atoms with Crippen molar-refractivity contribution in [2.75, 3.05) is 59.3 Å². The average molecular weight is 1560 g/mol. The highest BCUT2D eigenvalue weighted by atomic mass is 16.7. The quantitative estimate of drug-likeness (QED) is 0.0165. The van der Waals surface area contributed by atoms with Crippen molar-refractivity contribution in [3.8, 4) is 0 Å². The third kappa shape index (κ3) is 37.0. The molecule has 0 aromatic carbocycles. The van der Waals surface area contributed by atoms with E-state index in [0.717, 1.165) is 62.3 Å². The molecule has 39 heteroatoms. The molecule has 0 spiro atoms. The molecule has 0 aliphatic carbocycles. The fourth-order valence-corrected chi connectivity index (χ4v) is 12.3. The Morgan fingerprint density at radius 2 is 0.560 bits per heavy atom. The van der Waals surface area contributed by atoms with Gasteiger partial charge in [0, 0.05) is 166 Å². The van der Waals surface area contributed by atoms with E-state index in [-0.39, 0.29) is 78.0 Å². The Balaban J connectivity index is 1.64. The van der Waals surface area contributed by atoms with Gasteiger partial charge in [-0.2, -0.15) is 0 Å². The molecule has 618 valence electrons. The molecule has 15 atom stereocenters. The Bertz CT molecular complexity index is 2730. The molecule has 3 aliphatic rings. The summed E-state index contributed by atoms with van der Waals surface area (Å²) in [7, 11) is 0. The molecule has 0 aromatic heterocycles. The summed E-state index contributed by atoms with van der Waals surface area (Å²) in [6, 6.07) is -3.47. The highest BCUT2D eigenvalue weighted by molar-refractivity contribution is 5.78. The molecule has 0 bridgehead atoms. The standard InChI is InChI=1S/C70H111N7O32/c1-40(78)74-58-64(104-49(10)87)61(101-46(7)84)52(37-98-43(4)81)107-67(58)95-34-22-16-13-19-31-71-55(90)25-28-70(77(93)94,29-26-56(91)72-32-20-14-17-23-35-96-68-59(75-41(2)79)65(105-50(11)88)62(102-47(8)85)53(108-68)38-99-44(5)82)30-27-57(92)73-33-21-15-18-24-36-97-69-60(76-42(3)80)66(106-51(12)89)63(103-48(9)86)54(109-69)39-100-45(6)83/h52-54,58-69H,13-39H2,1-12H3,(H,71,90)(H,72,91)(H,73,92)(H,74,78)(H,75,79)(H,76,80). The Morgan fingerprint density at radius 1 is 0.330 bits per heavy atom. The van der Waals surface area contributed by atoms with E-state index in [2.05, 4.69) is 31.9 Å². The second-order valence-electron chi connectivity index (χ2n) is 26.5. The van der Waals surface area contributed by atoms with Crippen molar-refractivity contribution in [2.24, 2.45) is 0 Å². The summed E-state index contributed by atoms with van der Waals surface area (Å²) in [4.78, 5) is 198. The van der Waals surface area contributed by atoms with Crippen molar-refractivity contribution in [1.29, 1.82) is 0 Å². The van der Waals surface area contributed by atoms with E-state index in [1.807, 2.05) is 0 Å². The number of esters is 9. The maximum atomic E-state index is 13.4. The summed E-state index contributed by atoms with van der Waals surface area (Å²) < 4.78 is 84.4. The molecular formula is C70H111N7O32. The number of carbonyl (C=O) groups is 15. The van der Waals surface area contributed by atoms with E-state index in [0.29, 0.717) is 77.0 Å². The van der Waals surface area contributed by atoms with Gasteiger partial charge in [-0.05, 0) is 38.5 Å². The first-order valence-corrected chi connectivity index (χ1v) is 36.5. The minimum absolute atomic E-state index is 0.0556. The van der Waals surface area contributed by atoms with E-state index in [1.54, 1.807) is 0 Å². The number of nitrogens with zero attached hydrogens (tertiary/aromatic N) is 1. The molecule has 0 saturated carbocycles. The van der Waals surface area contributed by atoms with Crippen LogP contribution < -0.4 is 31.9 Å². The van der Waals surface area contributed by atoms with Gasteiger partial charge < -0.3 is 103 Å². The first kappa shape index (κ1) is 94.4. The lowest BCUT2D eigenvalue weighted by atomic mass is 9.84. The normalized spacial score (nSPS) is 24.1. The largest absolute Gasteiger partial charge is 0.463 e. The highest BCUT2D eigenvalue weighted by Crippen LogP contribution is 2.33. The van der Waals surface area contributed by atoms with E-state index < -0.39 is 211 Å². The molecule has 3 rings (SSSR count). The van der Waals surface area contributed by atoms with E-state index in [1.165, 1.54) is 20.8 Å². The lowest BCUT2D eigenvalue weighted by Crippen LogP contribution is -2.66. The number of hydrogen-bond acceptors (Lipinski definition) is 32. The second kappa shape index (κ2) is 50.1. The fourth-order valence-electron chi connectivity index (χ4n) is 12.3. The Labute approximate surface area is 632 Å². The highest BCUT2D eigenvalue weighted by Gasteiger charge is 2.55. The smallest absolute Gasteiger partial charge is 0.303 e. The van der Waals surface area contributed by atoms with Gasteiger partial charge in [0.25, 0.3) is 0 Å². The third-order valence-electron chi connectivity index (χ3n) is 17.1. The molecule has 15 unspecified atom stereocenters. The van der Waals surface area contributed by atoms with Crippen LogP contribution in [0.25, 0.3) is 0 Å². The number of unbranched alkanes of at least 4 members (excludes halogenated alkanes) is 9. The van der Waals surface area contributed by atoms with Crippen molar-refractivity contribution in [3.63, 3.8) is 0 Å². The van der Waals surface area contributed by atoms with Gasteiger partial charge in [0.2, 0.25) is 41.0 Å². The molecule has 6 amide bonds. The van der Waals surface area contributed by atoms with Crippen LogP contribution in [-0.2, 0) is 143 Å². The second-order valence-corrected chi connectivity index (χ2v) is 26.5. The van der Waals surface area contributed by atoms with Gasteiger partial charge in [-0.1, -0.05) is 38.5 Å². The number of nitrogens with one attached hydrogen (secondary N) is 6. The van der Waals surface area contributed by atoms with Gasteiger partial charge in [0.05, 0.1) is 0 Å². The SMILES string of the molecule is CC(=O)NC1C(OCCCCCCNC(=O)CCC(CCC(=O)NCCCCCCOC2OC(COC(C)=O)C(OC(C)=O)C(OC(C)=O)C2NC(C)=O)(CCC(=O)NCCCCCCOC2OC(COC(C)=O)C(OC(C)=O)C(OC(C)=O)C2NC(C)=O)[N+](=O)[O-])OC(COC(C)=O)C(OC(C)=O)C1OC(C)=O. The first-order valence-electron chi connectivity index (χ1n) is 36.5. The zero-order valence-electron chi connectivity index (χ0n) is 64.3. The number of hydrogen-bond donors (Lipinski definition) is 6. The molecule has 39 nitrogen and oxygen atoms in total. The van der Waals surface area contributed by atoms with Crippen molar-refractivity contribution in [2.45, 2.75) is 296 Å². The number of nitro groups is 1. The third-order valence-corrected chi connectivity index (χ3v) is 17.1. The Hall–Kier alpha value is -8.79. The van der Waals surface area contributed by atoms with E-state index in [4.69, 9.17) is 71.1 Å². The number of carbonyl (C=O) groups excluding carboxylic acids is 15. The molecule has 3 aliphatic heterocycles. The van der Waals surface area contributed by atoms with Gasteiger partial charge in [-0.15, -0.1) is 0 Å². The zero-order valence-corrected chi connectivity index (χ0v) is 64.3. The van der Waals surface area contributed by atoms with Crippen molar-refractivity contribution in [1.82, 2.24) is 31.9 Å². The molecule has 3 saturated heterocycles. The summed E-state index contributed by atoms with van der Waals surface area (Å²) >= 11 is 0. The molecule has 3 fully saturated rings. The molecule has 0 radical (unpaired) electrons. The zero-order chi connectivity index (χ0) is 81.3. The average Bonchev–Trinajstić information content (AvgIpc) is 0.800. The predicted molar refractivity (Wildman–Crippen MR) is 372 cm³/mol. The molecule has 3 heterocycles. The topological polar surface area (TPSA) is 510 Å². The number of rotatable bonds is 49. The van der Waals surface area contributed by atoms with Gasteiger partial charge in [-0.3, -0.25) is 82.0 Å². The summed E-state index contributed by atoms with van der Waals surface area (Å²) in [5.41, 5.74) is -1.91. The number of ether oxygens (including phenoxy) is 15. The molecule has 0 aromatic rings. The van der Waals surface area contributed by atoms with E-state index >= 15 is 0 Å². The predicted octanol–water partition coefficient (Wildman–Crippen LogP) is 1.39. The van der Waals surface area contributed by atoms with Crippen molar-refractivity contribution >= 4 is 89.2 Å². The van der Waals surface area contributed by atoms with Crippen LogP contribution >= 0.6 is 0 Å². The van der Waals surface area contributed by atoms with Crippen molar-refractivity contribution < 1.29 is 148 Å². The maximum Gasteiger partial charge on any atom is 0.303 e. The minimum atomic E-state index is -1.91. The number of amides is 6. The van der Waals surface area contributed by atoms with Crippen LogP contribution in [-0.4, -0.2) is 251 Å². The minimum Gasteiger partial charge on any atom is -0.463 e. The fraction of sp³-hybridized carbons (Fsp3) is 0.786. The van der Waals surface area contributed by atoms with Gasteiger partial charge >= 0.3 is 53.7 Å². The summed E-state index contributed by atoms with van der Waals surface area (Å²) in [6.07, 6.45) is -11.0. The van der Waals surface area contributed by atoms with Crippen LogP contribution in [0.1, 0.15) is 199 Å². The van der Waals surface area contributed by atoms with Crippen LogP contribution in [0.3, 0.4) is 0 Å². The van der Waals surface area contributed by atoms with Crippen LogP contribution in [0.2, 0.25) is 0 Å². The lowest BCUT2D eigenvalue weighted by molar-refractivity contribution is -0.573. The van der Waals surface area contributed by atoms with E-state index in [9.17, 15) is 82.0 Å². The Kier molecular flexibility index (Phi) is 43.4. The maximum absolute atomic E-state index is 13.4. The Morgan fingerprint density at radius 3 is 0.771 bits per heavy atom. The lowest BCUT2D eigenvalue weighted by Gasteiger charge is -2.44. The monoisotopic (exact) mass is 1560 g/mol. The summed E-state index contributed by atoms with van der Waals surface area (Å²) in [5, 5.41) is 29.4. The van der Waals surface area contributed by atoms with Crippen LogP contribution in [0, 0.1) is 10.1 Å². The van der Waals surface area contributed by atoms with Crippen LogP contribution in [0.5, 0.6) is 0 Å². The molecule has 6 N–H and O–H groups in total. The molecular weight excluding hydrogens is 1450 g/mol. The van der Waals surface area contributed by atoms with Gasteiger partial charge in [0.15, 0.2) is 55.5 Å². The summed E-state index contributed by atoms with van der Waals surface area (Å²) in [5.74, 6) is -9.80. The van der Waals surface area contributed by atoms with Crippen LogP contribution in [0.15, 0.2) is 0 Å². The summed E-state index contributed by atoms with van der Waals surface area (Å²) in [6.45, 7) is 13.3.